The number of benzene rings is 1. The molecule has 2 fully saturated rings. The molecule has 1 aliphatic heterocycles. The number of amides is 2. The Labute approximate surface area is 215 Å². The topological polar surface area (TPSA) is 85.8 Å². The Hall–Kier alpha value is -1.84. The van der Waals surface area contributed by atoms with Crippen LogP contribution in [0.4, 0.5) is 5.69 Å². The standard InChI is InChI=1S/C25H39N5O2.HI/c1-3-9-23(31)28-21-13-8-10-19(16-21)17-27-25(26-4-2)29-22-14-15-30(18-22)24(32)20-11-6-5-7-12-20;/h8,10,13,16,20,22H,3-7,9,11-12,14-15,17-18H2,1-2H3,(H,28,31)(H2,26,27,29);1H. The van der Waals surface area contributed by atoms with Gasteiger partial charge < -0.3 is 20.9 Å². The second kappa shape index (κ2) is 14.4. The van der Waals surface area contributed by atoms with Crippen LogP contribution in [-0.4, -0.2) is 48.3 Å². The van der Waals surface area contributed by atoms with Crippen molar-refractivity contribution in [3.63, 3.8) is 0 Å². The highest BCUT2D eigenvalue weighted by atomic mass is 127. The number of hydrogen-bond donors (Lipinski definition) is 3. The number of carbonyl (C=O) groups is 2. The van der Waals surface area contributed by atoms with E-state index in [9.17, 15) is 9.59 Å². The van der Waals surface area contributed by atoms with Gasteiger partial charge >= 0.3 is 0 Å². The van der Waals surface area contributed by atoms with Crippen LogP contribution in [0.25, 0.3) is 0 Å². The Morgan fingerprint density at radius 1 is 1.12 bits per heavy atom. The summed E-state index contributed by atoms with van der Waals surface area (Å²) in [7, 11) is 0. The number of nitrogens with one attached hydrogen (secondary N) is 3. The molecule has 7 nitrogen and oxygen atoms in total. The Bertz CT molecular complexity index is 795. The zero-order valence-corrected chi connectivity index (χ0v) is 22.4. The summed E-state index contributed by atoms with van der Waals surface area (Å²) >= 11 is 0. The summed E-state index contributed by atoms with van der Waals surface area (Å²) in [6, 6.07) is 8.06. The first-order valence-corrected chi connectivity index (χ1v) is 12.3. The van der Waals surface area contributed by atoms with E-state index in [4.69, 9.17) is 4.99 Å². The van der Waals surface area contributed by atoms with Crippen LogP contribution in [0.1, 0.15) is 70.8 Å². The van der Waals surface area contributed by atoms with E-state index in [1.165, 1.54) is 19.3 Å². The first-order chi connectivity index (χ1) is 15.6. The van der Waals surface area contributed by atoms with Crippen molar-refractivity contribution in [2.45, 2.75) is 77.8 Å². The van der Waals surface area contributed by atoms with E-state index >= 15 is 0 Å². The maximum atomic E-state index is 12.8. The predicted octanol–water partition coefficient (Wildman–Crippen LogP) is 4.28. The molecular formula is C25H40IN5O2. The number of aliphatic imine (C=N–C) groups is 1. The van der Waals surface area contributed by atoms with E-state index in [-0.39, 0.29) is 41.8 Å². The number of likely N-dealkylation sites (tertiary alicyclic amines) is 1. The van der Waals surface area contributed by atoms with Gasteiger partial charge in [0.25, 0.3) is 0 Å². The Morgan fingerprint density at radius 2 is 1.91 bits per heavy atom. The third kappa shape index (κ3) is 8.79. The number of halogens is 1. The zero-order valence-electron chi connectivity index (χ0n) is 20.1. The molecule has 2 aliphatic rings. The fourth-order valence-corrected chi connectivity index (χ4v) is 4.57. The van der Waals surface area contributed by atoms with Gasteiger partial charge in [-0.15, -0.1) is 24.0 Å². The number of nitrogens with zero attached hydrogens (tertiary/aromatic N) is 2. The highest BCUT2D eigenvalue weighted by Crippen LogP contribution is 2.26. The fraction of sp³-hybridized carbons (Fsp3) is 0.640. The molecule has 0 aromatic heterocycles. The molecule has 0 bridgehead atoms. The molecule has 184 valence electrons. The third-order valence-corrected chi connectivity index (χ3v) is 6.25. The van der Waals surface area contributed by atoms with Crippen molar-refractivity contribution in [1.29, 1.82) is 0 Å². The molecule has 1 saturated heterocycles. The summed E-state index contributed by atoms with van der Waals surface area (Å²) in [6.07, 6.45) is 8.05. The highest BCUT2D eigenvalue weighted by Gasteiger charge is 2.31. The molecule has 2 amide bonds. The van der Waals surface area contributed by atoms with Gasteiger partial charge in [0, 0.05) is 43.7 Å². The lowest BCUT2D eigenvalue weighted by atomic mass is 9.88. The van der Waals surface area contributed by atoms with Gasteiger partial charge in [0.2, 0.25) is 11.8 Å². The minimum absolute atomic E-state index is 0. The van der Waals surface area contributed by atoms with Crippen molar-refractivity contribution < 1.29 is 9.59 Å². The quantitative estimate of drug-likeness (QED) is 0.248. The molecule has 1 atom stereocenters. The average Bonchev–Trinajstić information content (AvgIpc) is 3.26. The Morgan fingerprint density at radius 3 is 2.64 bits per heavy atom. The lowest BCUT2D eigenvalue weighted by molar-refractivity contribution is -0.135. The molecule has 3 rings (SSSR count). The molecule has 33 heavy (non-hydrogen) atoms. The third-order valence-electron chi connectivity index (χ3n) is 6.25. The largest absolute Gasteiger partial charge is 0.357 e. The number of anilines is 1. The molecule has 1 heterocycles. The van der Waals surface area contributed by atoms with Crippen LogP contribution >= 0.6 is 24.0 Å². The molecule has 1 unspecified atom stereocenters. The molecule has 1 aliphatic carbocycles. The van der Waals surface area contributed by atoms with Crippen molar-refractivity contribution >= 4 is 47.4 Å². The van der Waals surface area contributed by atoms with Crippen molar-refractivity contribution in [3.05, 3.63) is 29.8 Å². The molecule has 3 N–H and O–H groups in total. The predicted molar refractivity (Wildman–Crippen MR) is 145 cm³/mol. The van der Waals surface area contributed by atoms with Crippen LogP contribution in [0.15, 0.2) is 29.3 Å². The van der Waals surface area contributed by atoms with Gasteiger partial charge in [-0.2, -0.15) is 0 Å². The van der Waals surface area contributed by atoms with Gasteiger partial charge in [-0.1, -0.05) is 38.3 Å². The fourth-order valence-electron chi connectivity index (χ4n) is 4.57. The number of carbonyl (C=O) groups excluding carboxylic acids is 2. The average molecular weight is 570 g/mol. The van der Waals surface area contributed by atoms with Gasteiger partial charge in [0.15, 0.2) is 5.96 Å². The van der Waals surface area contributed by atoms with Crippen LogP contribution in [0.2, 0.25) is 0 Å². The smallest absolute Gasteiger partial charge is 0.225 e. The van der Waals surface area contributed by atoms with Crippen LogP contribution in [0, 0.1) is 5.92 Å². The van der Waals surface area contributed by atoms with Crippen molar-refractivity contribution in [2.75, 3.05) is 25.0 Å². The van der Waals surface area contributed by atoms with Gasteiger partial charge in [-0.05, 0) is 50.3 Å². The summed E-state index contributed by atoms with van der Waals surface area (Å²) in [4.78, 5) is 31.5. The maximum absolute atomic E-state index is 12.8. The van der Waals surface area contributed by atoms with E-state index in [0.29, 0.717) is 18.9 Å². The minimum atomic E-state index is 0. The molecular weight excluding hydrogens is 529 g/mol. The summed E-state index contributed by atoms with van der Waals surface area (Å²) in [5.41, 5.74) is 1.85. The van der Waals surface area contributed by atoms with E-state index in [2.05, 4.69) is 22.9 Å². The van der Waals surface area contributed by atoms with Crippen molar-refractivity contribution in [3.8, 4) is 0 Å². The number of rotatable bonds is 8. The van der Waals surface area contributed by atoms with Gasteiger partial charge in [-0.3, -0.25) is 9.59 Å². The molecule has 1 aromatic rings. The summed E-state index contributed by atoms with van der Waals surface area (Å²) in [5.74, 6) is 1.38. The molecule has 1 saturated carbocycles. The number of hydrogen-bond acceptors (Lipinski definition) is 3. The second-order valence-electron chi connectivity index (χ2n) is 8.94. The lowest BCUT2D eigenvalue weighted by Crippen LogP contribution is -2.45. The SMILES string of the molecule is CCCC(=O)Nc1cccc(CN=C(NCC)NC2CCN(C(=O)C3CCCCC3)C2)c1.I. The van der Waals surface area contributed by atoms with Crippen LogP contribution in [-0.2, 0) is 16.1 Å². The first kappa shape index (κ1) is 27.4. The van der Waals surface area contributed by atoms with Crippen molar-refractivity contribution in [1.82, 2.24) is 15.5 Å². The van der Waals surface area contributed by atoms with E-state index in [1.807, 2.05) is 36.1 Å². The minimum Gasteiger partial charge on any atom is -0.357 e. The van der Waals surface area contributed by atoms with E-state index in [1.54, 1.807) is 0 Å². The van der Waals surface area contributed by atoms with E-state index < -0.39 is 0 Å². The van der Waals surface area contributed by atoms with Crippen molar-refractivity contribution in [2.24, 2.45) is 10.9 Å². The second-order valence-corrected chi connectivity index (χ2v) is 8.94. The monoisotopic (exact) mass is 569 g/mol. The molecule has 0 radical (unpaired) electrons. The first-order valence-electron chi connectivity index (χ1n) is 12.3. The molecule has 1 aromatic carbocycles. The molecule has 0 spiro atoms. The van der Waals surface area contributed by atoms with Gasteiger partial charge in [-0.25, -0.2) is 4.99 Å². The van der Waals surface area contributed by atoms with Crippen LogP contribution in [0.3, 0.4) is 0 Å². The van der Waals surface area contributed by atoms with Gasteiger partial charge in [0.1, 0.15) is 0 Å². The normalized spacial score (nSPS) is 19.0. The summed E-state index contributed by atoms with van der Waals surface area (Å²) in [6.45, 7) is 6.91. The van der Waals surface area contributed by atoms with Crippen LogP contribution < -0.4 is 16.0 Å². The lowest BCUT2D eigenvalue weighted by Gasteiger charge is -2.26. The highest BCUT2D eigenvalue weighted by molar-refractivity contribution is 14.0. The number of guanidine groups is 1. The van der Waals surface area contributed by atoms with E-state index in [0.717, 1.165) is 62.5 Å². The maximum Gasteiger partial charge on any atom is 0.225 e. The van der Waals surface area contributed by atoms with Crippen LogP contribution in [0.5, 0.6) is 0 Å². The summed E-state index contributed by atoms with van der Waals surface area (Å²) < 4.78 is 0. The zero-order chi connectivity index (χ0) is 22.8. The summed E-state index contributed by atoms with van der Waals surface area (Å²) in [5, 5.41) is 9.77. The Kier molecular flexibility index (Phi) is 12.0. The van der Waals surface area contributed by atoms with Gasteiger partial charge in [0.05, 0.1) is 6.54 Å². The Balaban J connectivity index is 0.00000385. The molecule has 8 heteroatoms.